The average molecular weight is 335 g/mol. The summed E-state index contributed by atoms with van der Waals surface area (Å²) in [5.74, 6) is 0.482. The van der Waals surface area contributed by atoms with E-state index >= 15 is 0 Å². The van der Waals surface area contributed by atoms with Gasteiger partial charge >= 0.3 is 0 Å². The van der Waals surface area contributed by atoms with Crippen molar-refractivity contribution in [3.8, 4) is 0 Å². The summed E-state index contributed by atoms with van der Waals surface area (Å²) in [6, 6.07) is 10.5. The maximum atomic E-state index is 11.9. The second-order valence-electron chi connectivity index (χ2n) is 8.29. The molecule has 0 heterocycles. The first kappa shape index (κ1) is 20.1. The molecule has 1 unspecified atom stereocenters. The van der Waals surface area contributed by atoms with E-state index in [4.69, 9.17) is 4.43 Å². The van der Waals surface area contributed by atoms with Crippen LogP contribution in [0.15, 0.2) is 30.3 Å². The number of carbonyl (C=O) groups excluding carboxylic acids is 1. The van der Waals surface area contributed by atoms with Crippen LogP contribution >= 0.6 is 0 Å². The van der Waals surface area contributed by atoms with E-state index in [1.807, 2.05) is 19.9 Å². The molecule has 0 bridgehead atoms. The minimum absolute atomic E-state index is 0.0945. The fraction of sp³-hybridized carbons (Fsp3) is 0.650. The normalized spacial score (nSPS) is 14.1. The lowest BCUT2D eigenvalue weighted by atomic mass is 9.99. The first-order valence-corrected chi connectivity index (χ1v) is 11.7. The van der Waals surface area contributed by atoms with E-state index in [-0.39, 0.29) is 17.1 Å². The van der Waals surface area contributed by atoms with Crippen LogP contribution in [0.4, 0.5) is 0 Å². The maximum Gasteiger partial charge on any atom is 0.192 e. The van der Waals surface area contributed by atoms with Crippen molar-refractivity contribution in [3.05, 3.63) is 35.9 Å². The monoisotopic (exact) mass is 334 g/mol. The van der Waals surface area contributed by atoms with E-state index in [1.54, 1.807) is 0 Å². The highest BCUT2D eigenvalue weighted by molar-refractivity contribution is 6.74. The van der Waals surface area contributed by atoms with E-state index in [1.165, 1.54) is 5.56 Å². The molecule has 0 aliphatic heterocycles. The molecule has 0 aliphatic carbocycles. The molecule has 0 aliphatic rings. The highest BCUT2D eigenvalue weighted by Gasteiger charge is 2.39. The van der Waals surface area contributed by atoms with Crippen molar-refractivity contribution in [2.24, 2.45) is 5.92 Å². The molecule has 1 aromatic rings. The smallest absolute Gasteiger partial charge is 0.192 e. The van der Waals surface area contributed by atoms with E-state index in [9.17, 15) is 4.79 Å². The lowest BCUT2D eigenvalue weighted by Crippen LogP contribution is -2.41. The molecule has 0 radical (unpaired) electrons. The molecule has 2 nitrogen and oxygen atoms in total. The van der Waals surface area contributed by atoms with Gasteiger partial charge in [-0.3, -0.25) is 4.79 Å². The van der Waals surface area contributed by atoms with Gasteiger partial charge in [0.05, 0.1) is 6.10 Å². The van der Waals surface area contributed by atoms with Crippen molar-refractivity contribution in [3.63, 3.8) is 0 Å². The van der Waals surface area contributed by atoms with Gasteiger partial charge in [-0.15, -0.1) is 0 Å². The quantitative estimate of drug-likeness (QED) is 0.533. The van der Waals surface area contributed by atoms with Gasteiger partial charge in [-0.2, -0.15) is 0 Å². The largest absolute Gasteiger partial charge is 0.410 e. The van der Waals surface area contributed by atoms with E-state index in [0.717, 1.165) is 12.8 Å². The summed E-state index contributed by atoms with van der Waals surface area (Å²) in [5.41, 5.74) is 1.23. The minimum Gasteiger partial charge on any atom is -0.410 e. The molecular formula is C20H34O2Si. The number of carbonyl (C=O) groups is 1. The molecule has 0 saturated heterocycles. The molecule has 130 valence electrons. The fourth-order valence-electron chi connectivity index (χ4n) is 2.24. The van der Waals surface area contributed by atoms with Crippen LogP contribution in [0.3, 0.4) is 0 Å². The molecule has 3 heteroatoms. The molecule has 1 rings (SSSR count). The zero-order chi connectivity index (χ0) is 17.7. The van der Waals surface area contributed by atoms with E-state index in [2.05, 4.69) is 58.1 Å². The first-order chi connectivity index (χ1) is 10.5. The predicted molar refractivity (Wildman–Crippen MR) is 101 cm³/mol. The van der Waals surface area contributed by atoms with E-state index < -0.39 is 8.32 Å². The highest BCUT2D eigenvalue weighted by atomic mass is 28.4. The lowest BCUT2D eigenvalue weighted by Gasteiger charge is -2.39. The van der Waals surface area contributed by atoms with E-state index in [0.29, 0.717) is 12.2 Å². The number of hydrogen-bond donors (Lipinski definition) is 0. The number of rotatable bonds is 8. The van der Waals surface area contributed by atoms with Crippen molar-refractivity contribution in [1.29, 1.82) is 0 Å². The summed E-state index contributed by atoms with van der Waals surface area (Å²) in [4.78, 5) is 11.9. The van der Waals surface area contributed by atoms with Crippen molar-refractivity contribution >= 4 is 14.1 Å². The predicted octanol–water partition coefficient (Wildman–Crippen LogP) is 6.14. The van der Waals surface area contributed by atoms with Crippen LogP contribution < -0.4 is 0 Å². The average Bonchev–Trinajstić information content (AvgIpc) is 2.45. The standard InChI is InChI=1S/C20H34O2Si/c1-16(2)18(21)14-11-15-19(17-12-9-8-10-13-17)22-23(6,7)20(3,4)5/h8-10,12-13,16,19H,11,14-15H2,1-7H3. The molecule has 23 heavy (non-hydrogen) atoms. The first-order valence-electron chi connectivity index (χ1n) is 8.80. The Balaban J connectivity index is 2.81. The van der Waals surface area contributed by atoms with Crippen molar-refractivity contribution in [2.45, 2.75) is 78.1 Å². The van der Waals surface area contributed by atoms with Gasteiger partial charge in [0.15, 0.2) is 8.32 Å². The zero-order valence-electron chi connectivity index (χ0n) is 16.0. The van der Waals surface area contributed by atoms with Crippen molar-refractivity contribution in [2.75, 3.05) is 0 Å². The third-order valence-electron chi connectivity index (χ3n) is 4.95. The van der Waals surface area contributed by atoms with Gasteiger partial charge < -0.3 is 4.43 Å². The topological polar surface area (TPSA) is 26.3 Å². The van der Waals surface area contributed by atoms with Crippen LogP contribution in [0.25, 0.3) is 0 Å². The Morgan fingerprint density at radius 2 is 1.70 bits per heavy atom. The molecule has 0 aromatic heterocycles. The van der Waals surface area contributed by atoms with Gasteiger partial charge in [0, 0.05) is 12.3 Å². The van der Waals surface area contributed by atoms with Crippen LogP contribution in [-0.2, 0) is 9.22 Å². The van der Waals surface area contributed by atoms with Crippen LogP contribution in [0, 0.1) is 5.92 Å². The van der Waals surface area contributed by atoms with Gasteiger partial charge in [-0.05, 0) is 36.5 Å². The molecule has 1 atom stereocenters. The Hall–Kier alpha value is -0.933. The van der Waals surface area contributed by atoms with Crippen LogP contribution in [-0.4, -0.2) is 14.1 Å². The van der Waals surface area contributed by atoms with Crippen LogP contribution in [0.5, 0.6) is 0 Å². The Morgan fingerprint density at radius 3 is 2.17 bits per heavy atom. The number of hydrogen-bond acceptors (Lipinski definition) is 2. The van der Waals surface area contributed by atoms with Gasteiger partial charge in [-0.1, -0.05) is 65.0 Å². The molecule has 1 aromatic carbocycles. The lowest BCUT2D eigenvalue weighted by molar-refractivity contribution is -0.122. The summed E-state index contributed by atoms with van der Waals surface area (Å²) in [6.45, 7) is 15.3. The SMILES string of the molecule is CC(C)C(=O)CCCC(O[Si](C)(C)C(C)(C)C)c1ccccc1. The molecular weight excluding hydrogens is 300 g/mol. The van der Waals surface area contributed by atoms with Gasteiger partial charge in [0.2, 0.25) is 0 Å². The summed E-state index contributed by atoms with van der Waals surface area (Å²) in [5, 5.41) is 0.188. The second kappa shape index (κ2) is 8.25. The van der Waals surface area contributed by atoms with Crippen molar-refractivity contribution < 1.29 is 9.22 Å². The Bertz CT molecular complexity index is 486. The summed E-state index contributed by atoms with van der Waals surface area (Å²) in [7, 11) is -1.83. The third kappa shape index (κ3) is 6.23. The molecule has 0 saturated carbocycles. The highest BCUT2D eigenvalue weighted by Crippen LogP contribution is 2.40. The minimum atomic E-state index is -1.83. The Labute approximate surface area is 143 Å². The van der Waals surface area contributed by atoms with Gasteiger partial charge in [0.25, 0.3) is 0 Å². The Morgan fingerprint density at radius 1 is 1.13 bits per heavy atom. The zero-order valence-corrected chi connectivity index (χ0v) is 17.0. The maximum absolute atomic E-state index is 11.9. The van der Waals surface area contributed by atoms with Crippen molar-refractivity contribution in [1.82, 2.24) is 0 Å². The van der Waals surface area contributed by atoms with Crippen LogP contribution in [0.1, 0.15) is 65.5 Å². The molecule has 0 N–H and O–H groups in total. The Kier molecular flexibility index (Phi) is 7.21. The summed E-state index contributed by atoms with van der Waals surface area (Å²) in [6.07, 6.45) is 2.55. The molecule has 0 amide bonds. The number of benzene rings is 1. The second-order valence-corrected chi connectivity index (χ2v) is 13.0. The van der Waals surface area contributed by atoms with Gasteiger partial charge in [-0.25, -0.2) is 0 Å². The fourth-order valence-corrected chi connectivity index (χ4v) is 3.56. The third-order valence-corrected chi connectivity index (χ3v) is 9.43. The van der Waals surface area contributed by atoms with Gasteiger partial charge in [0.1, 0.15) is 5.78 Å². The number of Topliss-reactive ketones (excluding diaryl/α,β-unsaturated/α-hetero) is 1. The number of ketones is 1. The summed E-state index contributed by atoms with van der Waals surface area (Å²) < 4.78 is 6.66. The molecule has 0 fully saturated rings. The summed E-state index contributed by atoms with van der Waals surface area (Å²) >= 11 is 0. The molecule has 0 spiro atoms. The van der Waals surface area contributed by atoms with Crippen LogP contribution in [0.2, 0.25) is 18.1 Å².